The average molecular weight is 405 g/mol. The highest BCUT2D eigenvalue weighted by Gasteiger charge is 2.22. The Labute approximate surface area is 167 Å². The van der Waals surface area contributed by atoms with E-state index in [1.54, 1.807) is 24.3 Å². The van der Waals surface area contributed by atoms with Crippen LogP contribution in [0, 0.1) is 0 Å². The van der Waals surface area contributed by atoms with E-state index in [4.69, 9.17) is 9.26 Å². The van der Waals surface area contributed by atoms with E-state index in [9.17, 15) is 14.4 Å². The minimum atomic E-state index is -0.641. The van der Waals surface area contributed by atoms with Gasteiger partial charge in [0.15, 0.2) is 0 Å². The normalized spacial score (nSPS) is 10.3. The van der Waals surface area contributed by atoms with Crippen LogP contribution in [-0.2, 0) is 30.3 Å². The molecule has 1 aromatic carbocycles. The minimum absolute atomic E-state index is 0.0289. The first kappa shape index (κ1) is 21.9. The highest BCUT2D eigenvalue weighted by atomic mass is 16.5. The molecule has 0 aliphatic carbocycles. The van der Waals surface area contributed by atoms with Crippen LogP contribution >= 0.6 is 0 Å². The van der Waals surface area contributed by atoms with Gasteiger partial charge in [0.1, 0.15) is 18.8 Å². The number of esters is 2. The number of aryl methyl sites for hydroxylation is 1. The fraction of sp³-hybridized carbons (Fsp3) is 0.421. The van der Waals surface area contributed by atoms with Crippen molar-refractivity contribution >= 4 is 17.8 Å². The van der Waals surface area contributed by atoms with Crippen molar-refractivity contribution in [1.82, 2.24) is 15.0 Å². The monoisotopic (exact) mass is 405 g/mol. The summed E-state index contributed by atoms with van der Waals surface area (Å²) in [6, 6.07) is 7.21. The molecule has 1 amide bonds. The zero-order chi connectivity index (χ0) is 21.2. The number of ether oxygens (including phenoxy) is 3. The highest BCUT2D eigenvalue weighted by molar-refractivity contribution is 5.86. The predicted molar refractivity (Wildman–Crippen MR) is 99.8 cm³/mol. The number of hydrogen-bond donors (Lipinski definition) is 0. The van der Waals surface area contributed by atoms with Crippen molar-refractivity contribution in [2.45, 2.75) is 19.8 Å². The second kappa shape index (κ2) is 10.8. The van der Waals surface area contributed by atoms with Crippen molar-refractivity contribution in [3.05, 3.63) is 30.2 Å². The molecule has 10 nitrogen and oxygen atoms in total. The number of nitrogens with zero attached hydrogens (tertiary/aromatic N) is 3. The van der Waals surface area contributed by atoms with E-state index in [0.717, 1.165) is 16.2 Å². The number of amides is 1. The van der Waals surface area contributed by atoms with Gasteiger partial charge in [-0.2, -0.15) is 4.98 Å². The molecule has 29 heavy (non-hydrogen) atoms. The summed E-state index contributed by atoms with van der Waals surface area (Å²) in [5.41, 5.74) is 0.743. The van der Waals surface area contributed by atoms with Gasteiger partial charge in [0, 0.05) is 18.4 Å². The number of rotatable bonds is 10. The van der Waals surface area contributed by atoms with Crippen LogP contribution in [0.2, 0.25) is 0 Å². The van der Waals surface area contributed by atoms with Gasteiger partial charge in [-0.25, -0.2) is 0 Å². The van der Waals surface area contributed by atoms with Gasteiger partial charge < -0.3 is 23.6 Å². The number of benzene rings is 1. The Balaban J connectivity index is 1.97. The fourth-order valence-corrected chi connectivity index (χ4v) is 2.39. The van der Waals surface area contributed by atoms with E-state index in [1.165, 1.54) is 14.2 Å². The maximum absolute atomic E-state index is 12.4. The van der Waals surface area contributed by atoms with E-state index in [1.807, 2.05) is 6.92 Å². The van der Waals surface area contributed by atoms with Crippen molar-refractivity contribution in [3.8, 4) is 17.1 Å². The zero-order valence-electron chi connectivity index (χ0n) is 16.5. The van der Waals surface area contributed by atoms with Crippen LogP contribution in [0.4, 0.5) is 0 Å². The quantitative estimate of drug-likeness (QED) is 0.537. The lowest BCUT2D eigenvalue weighted by Gasteiger charge is -2.19. The van der Waals surface area contributed by atoms with E-state index in [2.05, 4.69) is 19.6 Å². The van der Waals surface area contributed by atoms with Gasteiger partial charge in [-0.05, 0) is 31.2 Å². The molecule has 0 bridgehead atoms. The van der Waals surface area contributed by atoms with Gasteiger partial charge in [-0.15, -0.1) is 0 Å². The third-order valence-corrected chi connectivity index (χ3v) is 3.89. The zero-order valence-corrected chi connectivity index (χ0v) is 16.5. The van der Waals surface area contributed by atoms with Crippen molar-refractivity contribution in [3.63, 3.8) is 0 Å². The molecule has 1 heterocycles. The first-order valence-electron chi connectivity index (χ1n) is 8.94. The number of methoxy groups -OCH3 is 2. The van der Waals surface area contributed by atoms with Crippen LogP contribution in [-0.4, -0.2) is 66.8 Å². The van der Waals surface area contributed by atoms with Gasteiger partial charge >= 0.3 is 11.9 Å². The Morgan fingerprint density at radius 2 is 1.66 bits per heavy atom. The maximum Gasteiger partial charge on any atom is 0.325 e. The Kier molecular flexibility index (Phi) is 8.13. The summed E-state index contributed by atoms with van der Waals surface area (Å²) >= 11 is 0. The molecule has 156 valence electrons. The van der Waals surface area contributed by atoms with Gasteiger partial charge in [0.2, 0.25) is 17.6 Å². The van der Waals surface area contributed by atoms with Crippen LogP contribution in [0.25, 0.3) is 11.4 Å². The molecule has 1 aromatic heterocycles. The lowest BCUT2D eigenvalue weighted by Crippen LogP contribution is -2.40. The molecule has 0 aliphatic rings. The molecule has 0 aliphatic heterocycles. The smallest absolute Gasteiger partial charge is 0.325 e. The lowest BCUT2D eigenvalue weighted by atomic mass is 10.2. The van der Waals surface area contributed by atoms with E-state index in [0.29, 0.717) is 12.4 Å². The molecule has 0 spiro atoms. The third kappa shape index (κ3) is 6.59. The van der Waals surface area contributed by atoms with Gasteiger partial charge in [0.05, 0.1) is 20.8 Å². The van der Waals surface area contributed by atoms with Crippen molar-refractivity contribution < 1.29 is 33.1 Å². The summed E-state index contributed by atoms with van der Waals surface area (Å²) in [6.45, 7) is 1.76. The molecular formula is C19H23N3O7. The van der Waals surface area contributed by atoms with Gasteiger partial charge in [0.25, 0.3) is 0 Å². The van der Waals surface area contributed by atoms with Crippen molar-refractivity contribution in [2.75, 3.05) is 33.9 Å². The standard InChI is InChI=1S/C19H23N3O7/c1-4-28-14-7-5-13(6-8-14)19-20-15(29-21-19)9-10-16(23)22(11-17(24)26-2)12-18(25)27-3/h5-8H,4,9-12H2,1-3H3. The summed E-state index contributed by atoms with van der Waals surface area (Å²) in [5, 5.41) is 3.91. The molecule has 0 saturated carbocycles. The molecule has 2 rings (SSSR count). The Hall–Kier alpha value is -3.43. The van der Waals surface area contributed by atoms with Crippen molar-refractivity contribution in [1.29, 1.82) is 0 Å². The minimum Gasteiger partial charge on any atom is -0.494 e. The number of aromatic nitrogens is 2. The molecular weight excluding hydrogens is 382 g/mol. The second-order valence-corrected chi connectivity index (χ2v) is 5.87. The largest absolute Gasteiger partial charge is 0.494 e. The summed E-state index contributed by atoms with van der Waals surface area (Å²) in [6.07, 6.45) is 0.126. The molecule has 0 saturated heterocycles. The topological polar surface area (TPSA) is 121 Å². The van der Waals surface area contributed by atoms with Crippen LogP contribution in [0.1, 0.15) is 19.2 Å². The summed E-state index contributed by atoms with van der Waals surface area (Å²) < 4.78 is 19.7. The SMILES string of the molecule is CCOc1ccc(-c2noc(CCC(=O)N(CC(=O)OC)CC(=O)OC)n2)cc1. The van der Waals surface area contributed by atoms with Gasteiger partial charge in [-0.3, -0.25) is 14.4 Å². The number of hydrogen-bond acceptors (Lipinski definition) is 9. The molecule has 0 radical (unpaired) electrons. The Bertz CT molecular complexity index is 815. The van der Waals surface area contributed by atoms with Crippen LogP contribution in [0.15, 0.2) is 28.8 Å². The highest BCUT2D eigenvalue weighted by Crippen LogP contribution is 2.20. The molecule has 10 heteroatoms. The number of carbonyl (C=O) groups is 3. The first-order valence-corrected chi connectivity index (χ1v) is 8.94. The Morgan fingerprint density at radius 3 is 2.21 bits per heavy atom. The summed E-state index contributed by atoms with van der Waals surface area (Å²) in [5.74, 6) is -0.339. The van der Waals surface area contributed by atoms with E-state index >= 15 is 0 Å². The molecule has 2 aromatic rings. The van der Waals surface area contributed by atoms with Gasteiger partial charge in [-0.1, -0.05) is 5.16 Å². The van der Waals surface area contributed by atoms with Crippen molar-refractivity contribution in [2.24, 2.45) is 0 Å². The molecule has 0 fully saturated rings. The Morgan fingerprint density at radius 1 is 1.03 bits per heavy atom. The van der Waals surface area contributed by atoms with Crippen LogP contribution in [0.3, 0.4) is 0 Å². The number of carbonyl (C=O) groups excluding carboxylic acids is 3. The van der Waals surface area contributed by atoms with Crippen LogP contribution in [0.5, 0.6) is 5.75 Å². The third-order valence-electron chi connectivity index (χ3n) is 3.89. The maximum atomic E-state index is 12.4. The molecule has 0 unspecified atom stereocenters. The van der Waals surface area contributed by atoms with E-state index < -0.39 is 17.8 Å². The fourth-order valence-electron chi connectivity index (χ4n) is 2.39. The average Bonchev–Trinajstić information content (AvgIpc) is 3.21. The first-order chi connectivity index (χ1) is 14.0. The van der Waals surface area contributed by atoms with E-state index in [-0.39, 0.29) is 31.8 Å². The molecule has 0 N–H and O–H groups in total. The summed E-state index contributed by atoms with van der Waals surface area (Å²) in [4.78, 5) is 40.7. The predicted octanol–water partition coefficient (Wildman–Crippen LogP) is 1.24. The molecule has 0 atom stereocenters. The summed E-state index contributed by atoms with van der Waals surface area (Å²) in [7, 11) is 2.40. The second-order valence-electron chi connectivity index (χ2n) is 5.87. The van der Waals surface area contributed by atoms with Crippen LogP contribution < -0.4 is 4.74 Å². The lowest BCUT2D eigenvalue weighted by molar-refractivity contribution is -0.152.